The quantitative estimate of drug-likeness (QED) is 0.742. The molecule has 2 heterocycles. The van der Waals surface area contributed by atoms with Crippen LogP contribution in [-0.4, -0.2) is 34.7 Å². The lowest BCUT2D eigenvalue weighted by Gasteiger charge is -2.16. The summed E-state index contributed by atoms with van der Waals surface area (Å²) in [6, 6.07) is -0.736. The summed E-state index contributed by atoms with van der Waals surface area (Å²) >= 11 is 1.12. The molecule has 8 heteroatoms. The minimum atomic E-state index is -0.736. The summed E-state index contributed by atoms with van der Waals surface area (Å²) in [5, 5.41) is 0.341. The third-order valence-corrected chi connectivity index (χ3v) is 4.80. The van der Waals surface area contributed by atoms with Gasteiger partial charge in [-0.25, -0.2) is 14.6 Å². The summed E-state index contributed by atoms with van der Waals surface area (Å²) in [7, 11) is 0. The first kappa shape index (κ1) is 18.1. The fraction of sp³-hybridized carbons (Fsp3) is 0.500. The normalized spacial score (nSPS) is 12.2. The molecule has 0 amide bonds. The fourth-order valence-electron chi connectivity index (χ4n) is 2.47. The van der Waals surface area contributed by atoms with Crippen LogP contribution >= 0.6 is 11.3 Å². The van der Waals surface area contributed by atoms with Crippen molar-refractivity contribution < 1.29 is 19.1 Å². The number of thiophene rings is 1. The van der Waals surface area contributed by atoms with Gasteiger partial charge in [0.15, 0.2) is 0 Å². The van der Waals surface area contributed by atoms with Gasteiger partial charge in [0.1, 0.15) is 15.7 Å². The third kappa shape index (κ3) is 3.19. The van der Waals surface area contributed by atoms with Crippen molar-refractivity contribution in [2.45, 2.75) is 40.2 Å². The smallest absolute Gasteiger partial charge is 0.348 e. The molecular formula is C16H20N2O5S. The molecule has 2 aromatic rings. The third-order valence-electron chi connectivity index (χ3n) is 3.62. The number of aryl methyl sites for hydroxylation is 1. The maximum atomic E-state index is 12.8. The van der Waals surface area contributed by atoms with E-state index in [0.717, 1.165) is 11.3 Å². The van der Waals surface area contributed by atoms with Crippen LogP contribution in [-0.2, 0) is 14.3 Å². The fourth-order valence-corrected chi connectivity index (χ4v) is 3.50. The summed E-state index contributed by atoms with van der Waals surface area (Å²) in [6.45, 7) is 7.40. The van der Waals surface area contributed by atoms with Crippen molar-refractivity contribution in [1.82, 2.24) is 9.55 Å². The molecule has 2 aromatic heterocycles. The molecule has 0 aliphatic rings. The van der Waals surface area contributed by atoms with E-state index in [1.165, 1.54) is 10.9 Å². The van der Waals surface area contributed by atoms with E-state index in [4.69, 9.17) is 9.47 Å². The van der Waals surface area contributed by atoms with Gasteiger partial charge in [-0.15, -0.1) is 11.3 Å². The van der Waals surface area contributed by atoms with Gasteiger partial charge in [-0.2, -0.15) is 0 Å². The molecule has 24 heavy (non-hydrogen) atoms. The zero-order valence-corrected chi connectivity index (χ0v) is 14.9. The van der Waals surface area contributed by atoms with Gasteiger partial charge in [0.2, 0.25) is 0 Å². The predicted octanol–water partition coefficient (Wildman–Crippen LogP) is 2.46. The first-order valence-electron chi connectivity index (χ1n) is 7.80. The lowest BCUT2D eigenvalue weighted by molar-refractivity contribution is -0.147. The number of hydrogen-bond acceptors (Lipinski definition) is 7. The average Bonchev–Trinajstić information content (AvgIpc) is 2.88. The molecule has 130 valence electrons. The van der Waals surface area contributed by atoms with Crippen LogP contribution in [0, 0.1) is 6.92 Å². The molecule has 0 aromatic carbocycles. The van der Waals surface area contributed by atoms with E-state index in [0.29, 0.717) is 27.1 Å². The van der Waals surface area contributed by atoms with E-state index in [2.05, 4.69) is 4.98 Å². The topological polar surface area (TPSA) is 87.5 Å². The Morgan fingerprint density at radius 3 is 2.50 bits per heavy atom. The van der Waals surface area contributed by atoms with Gasteiger partial charge in [-0.1, -0.05) is 6.92 Å². The molecule has 0 bridgehead atoms. The summed E-state index contributed by atoms with van der Waals surface area (Å²) in [6.07, 6.45) is 1.74. The molecule has 0 fully saturated rings. The van der Waals surface area contributed by atoms with Gasteiger partial charge in [0.25, 0.3) is 5.56 Å². The highest BCUT2D eigenvalue weighted by molar-refractivity contribution is 7.20. The Kier molecular flexibility index (Phi) is 5.71. The van der Waals surface area contributed by atoms with Gasteiger partial charge in [-0.3, -0.25) is 9.36 Å². The maximum absolute atomic E-state index is 12.8. The molecule has 2 rings (SSSR count). The number of aromatic nitrogens is 2. The van der Waals surface area contributed by atoms with Crippen LogP contribution in [0.3, 0.4) is 0 Å². The van der Waals surface area contributed by atoms with Crippen molar-refractivity contribution in [3.63, 3.8) is 0 Å². The lowest BCUT2D eigenvalue weighted by Crippen LogP contribution is -2.31. The van der Waals surface area contributed by atoms with E-state index < -0.39 is 18.0 Å². The van der Waals surface area contributed by atoms with Gasteiger partial charge < -0.3 is 9.47 Å². The van der Waals surface area contributed by atoms with E-state index in [-0.39, 0.29) is 18.8 Å². The maximum Gasteiger partial charge on any atom is 0.348 e. The summed E-state index contributed by atoms with van der Waals surface area (Å²) < 4.78 is 11.3. The number of carbonyl (C=O) groups is 2. The number of fused-ring (bicyclic) bond motifs is 1. The predicted molar refractivity (Wildman–Crippen MR) is 90.5 cm³/mol. The second-order valence-electron chi connectivity index (χ2n) is 5.09. The van der Waals surface area contributed by atoms with Crippen molar-refractivity contribution in [3.05, 3.63) is 27.1 Å². The molecule has 0 aliphatic heterocycles. The molecule has 0 radical (unpaired) electrons. The summed E-state index contributed by atoms with van der Waals surface area (Å²) in [4.78, 5) is 41.9. The highest BCUT2D eigenvalue weighted by Crippen LogP contribution is 2.28. The number of hydrogen-bond donors (Lipinski definition) is 0. The molecule has 0 saturated heterocycles. The van der Waals surface area contributed by atoms with Gasteiger partial charge in [0.05, 0.1) is 24.9 Å². The summed E-state index contributed by atoms with van der Waals surface area (Å²) in [5.41, 5.74) is 0.170. The lowest BCUT2D eigenvalue weighted by atomic mass is 10.2. The number of nitrogens with zero attached hydrogens (tertiary/aromatic N) is 2. The van der Waals surface area contributed by atoms with Crippen LogP contribution in [0.4, 0.5) is 0 Å². The number of esters is 2. The zero-order chi connectivity index (χ0) is 17.9. The van der Waals surface area contributed by atoms with Crippen LogP contribution in [0.15, 0.2) is 11.1 Å². The standard InChI is InChI=1S/C16H20N2O5S/c1-5-10(15(20)22-6-2)18-8-17-13-11(14(18)19)9(4)12(24-13)16(21)23-7-3/h8,10H,5-7H2,1-4H3/t10-/m0/s1. The number of rotatable bonds is 6. The molecule has 0 N–H and O–H groups in total. The van der Waals surface area contributed by atoms with Gasteiger partial charge >= 0.3 is 11.9 Å². The first-order chi connectivity index (χ1) is 11.5. The SMILES string of the molecule is CCOC(=O)c1sc2ncn([C@@H](CC)C(=O)OCC)c(=O)c2c1C. The second kappa shape index (κ2) is 7.57. The minimum absolute atomic E-state index is 0.240. The Morgan fingerprint density at radius 1 is 1.25 bits per heavy atom. The van der Waals surface area contributed by atoms with Crippen LogP contribution < -0.4 is 5.56 Å². The Balaban J connectivity index is 2.58. The highest BCUT2D eigenvalue weighted by atomic mass is 32.1. The largest absolute Gasteiger partial charge is 0.464 e. The molecule has 7 nitrogen and oxygen atoms in total. The van der Waals surface area contributed by atoms with Crippen molar-refractivity contribution in [1.29, 1.82) is 0 Å². The second-order valence-corrected chi connectivity index (χ2v) is 6.09. The Bertz CT molecular complexity index is 824. The Labute approximate surface area is 143 Å². The van der Waals surface area contributed by atoms with E-state index in [1.54, 1.807) is 27.7 Å². The van der Waals surface area contributed by atoms with Crippen LogP contribution in [0.5, 0.6) is 0 Å². The van der Waals surface area contributed by atoms with E-state index >= 15 is 0 Å². The summed E-state index contributed by atoms with van der Waals surface area (Å²) in [5.74, 6) is -0.942. The van der Waals surface area contributed by atoms with Crippen molar-refractivity contribution in [2.24, 2.45) is 0 Å². The number of ether oxygens (including phenoxy) is 2. The Morgan fingerprint density at radius 2 is 1.92 bits per heavy atom. The molecule has 1 atom stereocenters. The van der Waals surface area contributed by atoms with Crippen molar-refractivity contribution in [2.75, 3.05) is 13.2 Å². The van der Waals surface area contributed by atoms with Crippen molar-refractivity contribution in [3.8, 4) is 0 Å². The van der Waals surface area contributed by atoms with E-state index in [1.807, 2.05) is 0 Å². The van der Waals surface area contributed by atoms with Crippen LogP contribution in [0.25, 0.3) is 10.2 Å². The van der Waals surface area contributed by atoms with Crippen LogP contribution in [0.2, 0.25) is 0 Å². The molecule has 0 saturated carbocycles. The highest BCUT2D eigenvalue weighted by Gasteiger charge is 2.25. The molecule has 0 unspecified atom stereocenters. The molecule has 0 spiro atoms. The molecular weight excluding hydrogens is 332 g/mol. The average molecular weight is 352 g/mol. The van der Waals surface area contributed by atoms with E-state index in [9.17, 15) is 14.4 Å². The monoisotopic (exact) mass is 352 g/mol. The number of carbonyl (C=O) groups excluding carboxylic acids is 2. The van der Waals surface area contributed by atoms with Gasteiger partial charge in [0, 0.05) is 0 Å². The zero-order valence-electron chi connectivity index (χ0n) is 14.1. The minimum Gasteiger partial charge on any atom is -0.464 e. The Hall–Kier alpha value is -2.22. The van der Waals surface area contributed by atoms with Crippen molar-refractivity contribution >= 4 is 33.5 Å². The van der Waals surface area contributed by atoms with Gasteiger partial charge in [-0.05, 0) is 32.8 Å². The molecule has 0 aliphatic carbocycles. The first-order valence-corrected chi connectivity index (χ1v) is 8.61. The van der Waals surface area contributed by atoms with Crippen LogP contribution in [0.1, 0.15) is 48.5 Å².